The zero-order valence-electron chi connectivity index (χ0n) is 11.9. The highest BCUT2D eigenvalue weighted by Gasteiger charge is 2.19. The second-order valence-electron chi connectivity index (χ2n) is 4.47. The monoisotopic (exact) mass is 420 g/mol. The molecular formula is C13H13BrN2O5S2. The number of benzene rings is 2. The van der Waals surface area contributed by atoms with Gasteiger partial charge in [-0.25, -0.2) is 22.0 Å². The van der Waals surface area contributed by atoms with E-state index in [-0.39, 0.29) is 21.2 Å². The lowest BCUT2D eigenvalue weighted by Crippen LogP contribution is -2.16. The highest BCUT2D eigenvalue weighted by molar-refractivity contribution is 9.10. The van der Waals surface area contributed by atoms with E-state index in [1.54, 1.807) is 12.1 Å². The van der Waals surface area contributed by atoms with Crippen molar-refractivity contribution in [1.82, 2.24) is 0 Å². The summed E-state index contributed by atoms with van der Waals surface area (Å²) in [6.07, 6.45) is 0. The Morgan fingerprint density at radius 1 is 1.09 bits per heavy atom. The maximum Gasteiger partial charge on any atom is 0.261 e. The van der Waals surface area contributed by atoms with Crippen LogP contribution in [0.2, 0.25) is 0 Å². The number of hydrogen-bond donors (Lipinski definition) is 2. The van der Waals surface area contributed by atoms with Gasteiger partial charge in [-0.3, -0.25) is 4.72 Å². The van der Waals surface area contributed by atoms with Crippen LogP contribution in [0.5, 0.6) is 5.75 Å². The van der Waals surface area contributed by atoms with Gasteiger partial charge in [-0.15, -0.1) is 0 Å². The fraction of sp³-hybridized carbons (Fsp3) is 0.0769. The van der Waals surface area contributed by atoms with Crippen LogP contribution >= 0.6 is 15.9 Å². The number of rotatable bonds is 5. The average Bonchev–Trinajstić information content (AvgIpc) is 2.46. The number of anilines is 1. The summed E-state index contributed by atoms with van der Waals surface area (Å²) in [6, 6.07) is 9.89. The SMILES string of the molecule is COc1ccc(NS(=O)(=O)c2cccc(Br)c2)cc1S(N)(=O)=O. The molecule has 23 heavy (non-hydrogen) atoms. The summed E-state index contributed by atoms with van der Waals surface area (Å²) in [5.41, 5.74) is 0.0507. The van der Waals surface area contributed by atoms with Gasteiger partial charge in [0.15, 0.2) is 0 Å². The minimum absolute atomic E-state index is 0.0258. The summed E-state index contributed by atoms with van der Waals surface area (Å²) in [5.74, 6) is 0.0258. The standard InChI is InChI=1S/C13H13BrN2O5S2/c1-21-12-6-5-10(8-13(12)22(15,17)18)16-23(19,20)11-4-2-3-9(14)7-11/h2-8,16H,1H3,(H2,15,17,18). The van der Waals surface area contributed by atoms with Crippen LogP contribution in [0.4, 0.5) is 5.69 Å². The first-order valence-corrected chi connectivity index (χ1v) is 9.95. The molecule has 0 radical (unpaired) electrons. The van der Waals surface area contributed by atoms with Crippen LogP contribution < -0.4 is 14.6 Å². The van der Waals surface area contributed by atoms with Crippen LogP contribution in [0.3, 0.4) is 0 Å². The Bertz CT molecular complexity index is 943. The van der Waals surface area contributed by atoms with Gasteiger partial charge in [0, 0.05) is 4.47 Å². The Morgan fingerprint density at radius 2 is 1.78 bits per heavy atom. The maximum absolute atomic E-state index is 12.3. The van der Waals surface area contributed by atoms with Crippen molar-refractivity contribution in [1.29, 1.82) is 0 Å². The number of ether oxygens (including phenoxy) is 1. The largest absolute Gasteiger partial charge is 0.495 e. The number of methoxy groups -OCH3 is 1. The number of halogens is 1. The molecule has 2 rings (SSSR count). The smallest absolute Gasteiger partial charge is 0.261 e. The van der Waals surface area contributed by atoms with Gasteiger partial charge in [0.25, 0.3) is 10.0 Å². The van der Waals surface area contributed by atoms with Crippen LogP contribution in [0.25, 0.3) is 0 Å². The lowest BCUT2D eigenvalue weighted by atomic mass is 10.3. The predicted octanol–water partition coefficient (Wildman–Crippen LogP) is 1.91. The molecule has 7 nitrogen and oxygen atoms in total. The summed E-state index contributed by atoms with van der Waals surface area (Å²) in [5, 5.41) is 5.11. The number of sulfonamides is 2. The molecule has 0 atom stereocenters. The third-order valence-corrected chi connectivity index (χ3v) is 5.63. The summed E-state index contributed by atoms with van der Waals surface area (Å²) in [4.78, 5) is -0.283. The Morgan fingerprint density at radius 3 is 2.35 bits per heavy atom. The van der Waals surface area contributed by atoms with Crippen molar-refractivity contribution in [3.05, 3.63) is 46.9 Å². The summed E-state index contributed by atoms with van der Waals surface area (Å²) in [7, 11) is -6.65. The molecule has 0 spiro atoms. The fourth-order valence-electron chi connectivity index (χ4n) is 1.81. The predicted molar refractivity (Wildman–Crippen MR) is 89.3 cm³/mol. The molecular weight excluding hydrogens is 408 g/mol. The van der Waals surface area contributed by atoms with E-state index >= 15 is 0 Å². The Kier molecular flexibility index (Phi) is 4.99. The Labute approximate surface area is 142 Å². The van der Waals surface area contributed by atoms with Crippen molar-refractivity contribution in [3.63, 3.8) is 0 Å². The van der Waals surface area contributed by atoms with Crippen molar-refractivity contribution < 1.29 is 21.6 Å². The first-order valence-electron chi connectivity index (χ1n) is 6.13. The van der Waals surface area contributed by atoms with Gasteiger partial charge in [0.2, 0.25) is 10.0 Å². The van der Waals surface area contributed by atoms with Gasteiger partial charge in [-0.1, -0.05) is 22.0 Å². The fourth-order valence-corrected chi connectivity index (χ4v) is 4.18. The molecule has 0 aliphatic carbocycles. The van der Waals surface area contributed by atoms with Gasteiger partial charge in [0.05, 0.1) is 17.7 Å². The van der Waals surface area contributed by atoms with E-state index in [0.717, 1.165) is 6.07 Å². The average molecular weight is 421 g/mol. The molecule has 0 aliphatic rings. The summed E-state index contributed by atoms with van der Waals surface area (Å²) >= 11 is 3.19. The second-order valence-corrected chi connectivity index (χ2v) is 8.60. The first kappa shape index (κ1) is 17.7. The number of primary sulfonamides is 1. The molecule has 0 aliphatic heterocycles. The molecule has 0 amide bonds. The van der Waals surface area contributed by atoms with Crippen molar-refractivity contribution in [3.8, 4) is 5.75 Å². The molecule has 0 saturated carbocycles. The topological polar surface area (TPSA) is 116 Å². The van der Waals surface area contributed by atoms with Gasteiger partial charge in [0.1, 0.15) is 10.6 Å². The zero-order chi connectivity index (χ0) is 17.3. The molecule has 3 N–H and O–H groups in total. The molecule has 0 saturated heterocycles. The minimum Gasteiger partial charge on any atom is -0.495 e. The molecule has 124 valence electrons. The van der Waals surface area contributed by atoms with Crippen LogP contribution in [-0.2, 0) is 20.0 Å². The lowest BCUT2D eigenvalue weighted by molar-refractivity contribution is 0.403. The van der Waals surface area contributed by atoms with E-state index in [0.29, 0.717) is 4.47 Å². The number of hydrogen-bond acceptors (Lipinski definition) is 5. The van der Waals surface area contributed by atoms with Crippen LogP contribution in [0.15, 0.2) is 56.7 Å². The normalized spacial score (nSPS) is 12.0. The van der Waals surface area contributed by atoms with Crippen LogP contribution in [-0.4, -0.2) is 23.9 Å². The van der Waals surface area contributed by atoms with Crippen LogP contribution in [0.1, 0.15) is 0 Å². The third kappa shape index (κ3) is 4.22. The van der Waals surface area contributed by atoms with Crippen molar-refractivity contribution in [2.45, 2.75) is 9.79 Å². The van der Waals surface area contributed by atoms with Gasteiger partial charge in [-0.2, -0.15) is 0 Å². The first-order chi connectivity index (χ1) is 10.6. The molecule has 0 aromatic heterocycles. The highest BCUT2D eigenvalue weighted by Crippen LogP contribution is 2.27. The zero-order valence-corrected chi connectivity index (χ0v) is 15.1. The van der Waals surface area contributed by atoms with Crippen LogP contribution in [0, 0.1) is 0 Å². The quantitative estimate of drug-likeness (QED) is 0.765. The molecule has 2 aromatic rings. The van der Waals surface area contributed by atoms with Gasteiger partial charge >= 0.3 is 0 Å². The van der Waals surface area contributed by atoms with Gasteiger partial charge < -0.3 is 4.74 Å². The summed E-state index contributed by atoms with van der Waals surface area (Å²) < 4.78 is 55.6. The maximum atomic E-state index is 12.3. The van der Waals surface area contributed by atoms with E-state index in [1.807, 2.05) is 0 Å². The van der Waals surface area contributed by atoms with Crippen molar-refractivity contribution in [2.24, 2.45) is 5.14 Å². The minimum atomic E-state index is -4.06. The molecule has 0 bridgehead atoms. The highest BCUT2D eigenvalue weighted by atomic mass is 79.9. The van der Waals surface area contributed by atoms with E-state index < -0.39 is 20.0 Å². The van der Waals surface area contributed by atoms with E-state index in [1.165, 1.54) is 31.4 Å². The molecule has 0 heterocycles. The molecule has 0 unspecified atom stereocenters. The molecule has 10 heteroatoms. The molecule has 2 aromatic carbocycles. The van der Waals surface area contributed by atoms with E-state index in [2.05, 4.69) is 20.7 Å². The lowest BCUT2D eigenvalue weighted by Gasteiger charge is -2.11. The van der Waals surface area contributed by atoms with Crippen molar-refractivity contribution >= 4 is 41.7 Å². The van der Waals surface area contributed by atoms with Crippen molar-refractivity contribution in [2.75, 3.05) is 11.8 Å². The third-order valence-electron chi connectivity index (χ3n) is 2.83. The second kappa shape index (κ2) is 6.48. The Hall–Kier alpha value is -1.62. The Balaban J connectivity index is 2.44. The number of nitrogens with one attached hydrogen (secondary N) is 1. The number of nitrogens with two attached hydrogens (primary N) is 1. The van der Waals surface area contributed by atoms with Gasteiger partial charge in [-0.05, 0) is 36.4 Å². The summed E-state index contributed by atoms with van der Waals surface area (Å²) in [6.45, 7) is 0. The molecule has 0 fully saturated rings. The van der Waals surface area contributed by atoms with E-state index in [4.69, 9.17) is 9.88 Å². The van der Waals surface area contributed by atoms with E-state index in [9.17, 15) is 16.8 Å².